The molecule has 10 heteroatoms. The molecular weight excluding hydrogens is 433 g/mol. The van der Waals surface area contributed by atoms with Gasteiger partial charge in [0.05, 0.1) is 11.7 Å². The molecule has 1 aromatic carbocycles. The zero-order valence-corrected chi connectivity index (χ0v) is 17.7. The molecule has 2 amide bonds. The summed E-state index contributed by atoms with van der Waals surface area (Å²) in [6.45, 7) is 4.40. The first kappa shape index (κ1) is 22.8. The minimum absolute atomic E-state index is 0.0475. The number of carbonyl (C=O) groups excluding carboxylic acids is 2. The molecule has 2 heterocycles. The van der Waals surface area contributed by atoms with Gasteiger partial charge >= 0.3 is 6.36 Å². The molecule has 1 aromatic heterocycles. The smallest absolute Gasteiger partial charge is 0.406 e. The Kier molecular flexibility index (Phi) is 7.01. The van der Waals surface area contributed by atoms with E-state index < -0.39 is 18.2 Å². The largest absolute Gasteiger partial charge is 0.573 e. The first-order chi connectivity index (χ1) is 14.7. The van der Waals surface area contributed by atoms with Gasteiger partial charge in [0.15, 0.2) is 0 Å². The monoisotopic (exact) mass is 454 g/mol. The molecule has 0 atom stereocenters. The van der Waals surface area contributed by atoms with Crippen LogP contribution < -0.4 is 10.1 Å². The maximum absolute atomic E-state index is 13.0. The Morgan fingerprint density at radius 1 is 1.10 bits per heavy atom. The van der Waals surface area contributed by atoms with Crippen LogP contribution in [0.25, 0.3) is 5.57 Å². The summed E-state index contributed by atoms with van der Waals surface area (Å²) in [5.41, 5.74) is 0.673. The Balaban J connectivity index is 1.79. The third-order valence-electron chi connectivity index (χ3n) is 4.27. The lowest BCUT2D eigenvalue weighted by atomic mass is 10.2. The summed E-state index contributed by atoms with van der Waals surface area (Å²) < 4.78 is 46.4. The lowest BCUT2D eigenvalue weighted by Crippen LogP contribution is -2.34. The van der Waals surface area contributed by atoms with Crippen molar-refractivity contribution >= 4 is 34.4 Å². The molecule has 0 fully saturated rings. The number of anilines is 1. The normalized spacial score (nSPS) is 14.7. The first-order valence-corrected chi connectivity index (χ1v) is 10.4. The number of halogens is 3. The third-order valence-corrected chi connectivity index (χ3v) is 5.16. The highest BCUT2D eigenvalue weighted by Crippen LogP contribution is 2.33. The first-order valence-electron chi connectivity index (χ1n) is 9.54. The molecule has 3 rings (SSSR count). The van der Waals surface area contributed by atoms with Crippen LogP contribution in [0.4, 0.5) is 18.9 Å². The van der Waals surface area contributed by atoms with Gasteiger partial charge in [-0.2, -0.15) is 0 Å². The fraction of sp³-hybridized carbons (Fsp3) is 0.333. The molecule has 0 saturated heterocycles. The SMILES string of the molecule is CC(C)OCCCN1C(=O)C(Nc2ccc(OC(F)(F)F)cc2)=C(c2cccs2)C1=O. The summed E-state index contributed by atoms with van der Waals surface area (Å²) in [5.74, 6) is -1.30. The van der Waals surface area contributed by atoms with E-state index in [0.29, 0.717) is 23.6 Å². The number of thiophene rings is 1. The van der Waals surface area contributed by atoms with E-state index in [1.165, 1.54) is 23.5 Å². The van der Waals surface area contributed by atoms with Crippen LogP contribution in [0.15, 0.2) is 47.5 Å². The van der Waals surface area contributed by atoms with Gasteiger partial charge in [0, 0.05) is 23.7 Å². The minimum Gasteiger partial charge on any atom is -0.406 e. The quantitative estimate of drug-likeness (QED) is 0.441. The van der Waals surface area contributed by atoms with E-state index in [2.05, 4.69) is 10.1 Å². The Morgan fingerprint density at radius 2 is 1.81 bits per heavy atom. The number of carbonyl (C=O) groups is 2. The van der Waals surface area contributed by atoms with Crippen molar-refractivity contribution in [2.75, 3.05) is 18.5 Å². The van der Waals surface area contributed by atoms with Crippen molar-refractivity contribution in [3.05, 3.63) is 52.4 Å². The van der Waals surface area contributed by atoms with E-state index in [4.69, 9.17) is 4.74 Å². The molecule has 1 aliphatic heterocycles. The Morgan fingerprint density at radius 3 is 2.39 bits per heavy atom. The van der Waals surface area contributed by atoms with Crippen molar-refractivity contribution in [2.24, 2.45) is 0 Å². The van der Waals surface area contributed by atoms with Crippen LogP contribution in [0, 0.1) is 0 Å². The Bertz CT molecular complexity index is 954. The molecule has 31 heavy (non-hydrogen) atoms. The van der Waals surface area contributed by atoms with Crippen LogP contribution in [-0.2, 0) is 14.3 Å². The van der Waals surface area contributed by atoms with E-state index in [1.807, 2.05) is 13.8 Å². The molecule has 0 bridgehead atoms. The van der Waals surface area contributed by atoms with E-state index in [-0.39, 0.29) is 29.7 Å². The Labute approximate surface area is 181 Å². The zero-order chi connectivity index (χ0) is 22.6. The highest BCUT2D eigenvalue weighted by Gasteiger charge is 2.39. The molecule has 0 spiro atoms. The number of amides is 2. The van der Waals surface area contributed by atoms with E-state index in [0.717, 1.165) is 17.0 Å². The van der Waals surface area contributed by atoms with Crippen LogP contribution in [0.5, 0.6) is 5.75 Å². The second-order valence-corrected chi connectivity index (χ2v) is 7.91. The van der Waals surface area contributed by atoms with E-state index >= 15 is 0 Å². The van der Waals surface area contributed by atoms with Gasteiger partial charge in [0.2, 0.25) is 0 Å². The van der Waals surface area contributed by atoms with Crippen molar-refractivity contribution < 1.29 is 32.2 Å². The predicted octanol–water partition coefficient (Wildman–Crippen LogP) is 4.65. The molecule has 0 saturated carbocycles. The zero-order valence-electron chi connectivity index (χ0n) is 16.9. The fourth-order valence-corrected chi connectivity index (χ4v) is 3.74. The molecule has 1 N–H and O–H groups in total. The molecule has 0 aliphatic carbocycles. The third kappa shape index (κ3) is 5.86. The van der Waals surface area contributed by atoms with Gasteiger partial charge in [-0.05, 0) is 56.0 Å². The summed E-state index contributed by atoms with van der Waals surface area (Å²) in [4.78, 5) is 27.7. The van der Waals surface area contributed by atoms with Crippen LogP contribution in [-0.4, -0.2) is 42.3 Å². The minimum atomic E-state index is -4.79. The number of hydrogen-bond acceptors (Lipinski definition) is 6. The summed E-state index contributed by atoms with van der Waals surface area (Å²) in [6, 6.07) is 8.45. The van der Waals surface area contributed by atoms with Crippen LogP contribution in [0.2, 0.25) is 0 Å². The maximum Gasteiger partial charge on any atom is 0.573 e. The highest BCUT2D eigenvalue weighted by molar-refractivity contribution is 7.11. The number of imide groups is 1. The molecule has 0 unspecified atom stereocenters. The van der Waals surface area contributed by atoms with Gasteiger partial charge in [0.1, 0.15) is 11.4 Å². The van der Waals surface area contributed by atoms with Crippen LogP contribution in [0.3, 0.4) is 0 Å². The summed E-state index contributed by atoms with van der Waals surface area (Å²) >= 11 is 1.32. The lowest BCUT2D eigenvalue weighted by Gasteiger charge is -2.16. The summed E-state index contributed by atoms with van der Waals surface area (Å²) in [5, 5.41) is 4.69. The van der Waals surface area contributed by atoms with Gasteiger partial charge < -0.3 is 14.8 Å². The average Bonchev–Trinajstić information content (AvgIpc) is 3.27. The van der Waals surface area contributed by atoms with Crippen molar-refractivity contribution in [2.45, 2.75) is 32.7 Å². The maximum atomic E-state index is 13.0. The molecule has 0 radical (unpaired) electrons. The lowest BCUT2D eigenvalue weighted by molar-refractivity contribution is -0.274. The predicted molar refractivity (Wildman–Crippen MR) is 110 cm³/mol. The number of nitrogens with zero attached hydrogens (tertiary/aromatic N) is 1. The van der Waals surface area contributed by atoms with E-state index in [1.54, 1.807) is 17.5 Å². The molecule has 1 aliphatic rings. The number of nitrogens with one attached hydrogen (secondary N) is 1. The van der Waals surface area contributed by atoms with Crippen molar-refractivity contribution in [1.29, 1.82) is 0 Å². The molecule has 166 valence electrons. The Hall–Kier alpha value is -2.85. The van der Waals surface area contributed by atoms with Gasteiger partial charge in [-0.25, -0.2) is 0 Å². The summed E-state index contributed by atoms with van der Waals surface area (Å²) in [7, 11) is 0. The van der Waals surface area contributed by atoms with Crippen molar-refractivity contribution in [3.8, 4) is 5.75 Å². The fourth-order valence-electron chi connectivity index (χ4n) is 2.97. The molecule has 2 aromatic rings. The number of hydrogen-bond donors (Lipinski definition) is 1. The molecular formula is C21H21F3N2O4S. The highest BCUT2D eigenvalue weighted by atomic mass is 32.1. The van der Waals surface area contributed by atoms with E-state index in [9.17, 15) is 22.8 Å². The summed E-state index contributed by atoms with van der Waals surface area (Å²) in [6.07, 6.45) is -4.26. The second-order valence-electron chi connectivity index (χ2n) is 6.96. The van der Waals surface area contributed by atoms with Gasteiger partial charge in [-0.15, -0.1) is 24.5 Å². The van der Waals surface area contributed by atoms with Crippen LogP contribution >= 0.6 is 11.3 Å². The number of alkyl halides is 3. The second kappa shape index (κ2) is 9.52. The number of rotatable bonds is 9. The van der Waals surface area contributed by atoms with Crippen molar-refractivity contribution in [1.82, 2.24) is 4.90 Å². The van der Waals surface area contributed by atoms with Crippen molar-refractivity contribution in [3.63, 3.8) is 0 Å². The topological polar surface area (TPSA) is 67.9 Å². The average molecular weight is 454 g/mol. The van der Waals surface area contributed by atoms with Gasteiger partial charge in [-0.3, -0.25) is 14.5 Å². The van der Waals surface area contributed by atoms with Gasteiger partial charge in [0.25, 0.3) is 11.8 Å². The van der Waals surface area contributed by atoms with Crippen LogP contribution in [0.1, 0.15) is 25.1 Å². The number of benzene rings is 1. The molecule has 6 nitrogen and oxygen atoms in total. The number of ether oxygens (including phenoxy) is 2. The standard InChI is InChI=1S/C21H21F3N2O4S/c1-13(2)29-11-4-10-26-19(27)17(16-5-3-12-31-16)18(20(26)28)25-14-6-8-15(9-7-14)30-21(22,23)24/h3,5-9,12-13,25H,4,10-11H2,1-2H3. The van der Waals surface area contributed by atoms with Gasteiger partial charge in [-0.1, -0.05) is 6.07 Å².